The molecule has 0 aromatic heterocycles. The molecule has 10 heteroatoms. The molecule has 8 nitrogen and oxygen atoms in total. The molecule has 3 aliphatic heterocycles. The summed E-state index contributed by atoms with van der Waals surface area (Å²) in [5.74, 6) is 1.40. The van der Waals surface area contributed by atoms with Crippen LogP contribution >= 0.6 is 11.6 Å². The summed E-state index contributed by atoms with van der Waals surface area (Å²) in [6.07, 6.45) is 5.32. The van der Waals surface area contributed by atoms with Gasteiger partial charge < -0.3 is 25.6 Å². The number of ether oxygens (including phenoxy) is 1. The fourth-order valence-electron chi connectivity index (χ4n) is 4.79. The number of amidine groups is 2. The second-order valence-corrected chi connectivity index (χ2v) is 9.46. The van der Waals surface area contributed by atoms with Crippen LogP contribution in [0.2, 0.25) is 5.02 Å². The van der Waals surface area contributed by atoms with Crippen molar-refractivity contribution < 1.29 is 13.9 Å². The Morgan fingerprint density at radius 2 is 2.06 bits per heavy atom. The molecule has 3 heterocycles. The number of carbonyl (C=O) groups is 1. The second-order valence-electron chi connectivity index (χ2n) is 9.05. The van der Waals surface area contributed by atoms with Gasteiger partial charge in [0.05, 0.1) is 30.3 Å². The Bertz CT molecular complexity index is 1250. The first-order valence-corrected chi connectivity index (χ1v) is 12.3. The molecule has 5 rings (SSSR count). The molecule has 1 fully saturated rings. The summed E-state index contributed by atoms with van der Waals surface area (Å²) in [5.41, 5.74) is 7.72. The number of amides is 1. The number of nitrogens with one attached hydrogen (secondary N) is 1. The maximum absolute atomic E-state index is 14.3. The van der Waals surface area contributed by atoms with E-state index in [0.717, 1.165) is 18.4 Å². The van der Waals surface area contributed by atoms with E-state index < -0.39 is 5.82 Å². The third kappa shape index (κ3) is 4.68. The van der Waals surface area contributed by atoms with Gasteiger partial charge in [0.15, 0.2) is 23.2 Å². The van der Waals surface area contributed by atoms with Gasteiger partial charge in [0.2, 0.25) is 0 Å². The van der Waals surface area contributed by atoms with Gasteiger partial charge in [-0.25, -0.2) is 9.38 Å². The third-order valence-electron chi connectivity index (χ3n) is 6.89. The molecule has 0 spiro atoms. The van der Waals surface area contributed by atoms with Crippen molar-refractivity contribution in [3.63, 3.8) is 0 Å². The Hall–Kier alpha value is -3.43. The highest BCUT2D eigenvalue weighted by atomic mass is 35.5. The first-order chi connectivity index (χ1) is 17.5. The van der Waals surface area contributed by atoms with Gasteiger partial charge in [0.25, 0.3) is 5.91 Å². The van der Waals surface area contributed by atoms with Gasteiger partial charge >= 0.3 is 0 Å². The zero-order chi connectivity index (χ0) is 25.2. The van der Waals surface area contributed by atoms with Gasteiger partial charge in [0.1, 0.15) is 0 Å². The SMILES string of the molecule is COc1ccc(C2CN=C3C(Nc4ccc(C(=O)N5CCC(CN)CC5)c(Cl)c4)=NC=CN32)cc1F. The van der Waals surface area contributed by atoms with Crippen molar-refractivity contribution >= 4 is 34.9 Å². The highest BCUT2D eigenvalue weighted by molar-refractivity contribution is 6.46. The highest BCUT2D eigenvalue weighted by Gasteiger charge is 2.33. The molecule has 1 unspecified atom stereocenters. The monoisotopic (exact) mass is 510 g/mol. The van der Waals surface area contributed by atoms with Gasteiger partial charge in [-0.05, 0) is 61.2 Å². The van der Waals surface area contributed by atoms with Crippen LogP contribution in [0.5, 0.6) is 5.75 Å². The molecule has 0 radical (unpaired) electrons. The van der Waals surface area contributed by atoms with E-state index in [1.165, 1.54) is 13.2 Å². The Balaban J connectivity index is 1.27. The van der Waals surface area contributed by atoms with Crippen molar-refractivity contribution in [1.82, 2.24) is 9.80 Å². The fourth-order valence-corrected chi connectivity index (χ4v) is 5.05. The van der Waals surface area contributed by atoms with Crippen LogP contribution < -0.4 is 15.8 Å². The minimum Gasteiger partial charge on any atom is -0.494 e. The van der Waals surface area contributed by atoms with E-state index in [-0.39, 0.29) is 17.7 Å². The van der Waals surface area contributed by atoms with Crippen LogP contribution in [0.4, 0.5) is 10.1 Å². The minimum atomic E-state index is -0.413. The van der Waals surface area contributed by atoms with Gasteiger partial charge in [-0.3, -0.25) is 9.79 Å². The van der Waals surface area contributed by atoms with E-state index in [1.54, 1.807) is 24.4 Å². The number of piperidine rings is 1. The Kier molecular flexibility index (Phi) is 6.93. The average molecular weight is 511 g/mol. The van der Waals surface area contributed by atoms with E-state index in [9.17, 15) is 9.18 Å². The summed E-state index contributed by atoms with van der Waals surface area (Å²) in [6.45, 7) is 2.49. The van der Waals surface area contributed by atoms with E-state index in [0.29, 0.717) is 60.0 Å². The molecule has 188 valence electrons. The lowest BCUT2D eigenvalue weighted by molar-refractivity contribution is 0.0693. The summed E-state index contributed by atoms with van der Waals surface area (Å²) < 4.78 is 19.3. The van der Waals surface area contributed by atoms with Crippen molar-refractivity contribution in [2.75, 3.05) is 38.6 Å². The fraction of sp³-hybridized carbons (Fsp3) is 0.346. The molecular weight excluding hydrogens is 483 g/mol. The summed E-state index contributed by atoms with van der Waals surface area (Å²) in [4.78, 5) is 25.9. The lowest BCUT2D eigenvalue weighted by Crippen LogP contribution is -2.40. The largest absolute Gasteiger partial charge is 0.494 e. The van der Waals surface area contributed by atoms with Gasteiger partial charge in [-0.15, -0.1) is 0 Å². The Morgan fingerprint density at radius 1 is 1.25 bits per heavy atom. The standard InChI is InChI=1S/C26H28ClFN6O2/c1-36-23-5-2-17(12-21(23)28)22-15-31-25-24(30-8-11-34(22)25)32-18-3-4-19(20(27)13-18)26(35)33-9-6-16(14-29)7-10-33/h2-5,8,11-13,16,22H,6-7,9-10,14-15,29H2,1H3,(H,30,32). The van der Waals surface area contributed by atoms with E-state index in [4.69, 9.17) is 22.1 Å². The first-order valence-electron chi connectivity index (χ1n) is 12.0. The number of fused-ring (bicyclic) bond motifs is 1. The van der Waals surface area contributed by atoms with E-state index in [2.05, 4.69) is 15.3 Å². The van der Waals surface area contributed by atoms with E-state index >= 15 is 0 Å². The molecule has 0 bridgehead atoms. The Morgan fingerprint density at radius 3 is 2.75 bits per heavy atom. The molecule has 36 heavy (non-hydrogen) atoms. The molecule has 1 atom stereocenters. The van der Waals surface area contributed by atoms with Crippen LogP contribution in [0.1, 0.15) is 34.8 Å². The Labute approximate surface area is 214 Å². The number of benzene rings is 2. The summed E-state index contributed by atoms with van der Waals surface area (Å²) >= 11 is 6.52. The van der Waals surface area contributed by atoms with Gasteiger partial charge in [0, 0.05) is 31.2 Å². The van der Waals surface area contributed by atoms with Crippen molar-refractivity contribution in [3.8, 4) is 5.75 Å². The summed E-state index contributed by atoms with van der Waals surface area (Å²) in [6, 6.07) is 10.0. The molecule has 0 aliphatic carbocycles. The number of carbonyl (C=O) groups excluding carboxylic acids is 1. The van der Waals surface area contributed by atoms with Crippen LogP contribution in [-0.2, 0) is 0 Å². The summed E-state index contributed by atoms with van der Waals surface area (Å²) in [5, 5.41) is 3.63. The summed E-state index contributed by atoms with van der Waals surface area (Å²) in [7, 11) is 1.44. The molecule has 1 amide bonds. The lowest BCUT2D eigenvalue weighted by atomic mass is 9.96. The average Bonchev–Trinajstić information content (AvgIpc) is 3.34. The quantitative estimate of drug-likeness (QED) is 0.632. The predicted octanol–water partition coefficient (Wildman–Crippen LogP) is 4.05. The molecule has 3 N–H and O–H groups in total. The molecule has 0 saturated carbocycles. The number of likely N-dealkylation sites (tertiary alicyclic amines) is 1. The lowest BCUT2D eigenvalue weighted by Gasteiger charge is -2.31. The number of anilines is 1. The zero-order valence-corrected chi connectivity index (χ0v) is 20.7. The van der Waals surface area contributed by atoms with Crippen molar-refractivity contribution in [1.29, 1.82) is 0 Å². The van der Waals surface area contributed by atoms with Crippen molar-refractivity contribution in [2.45, 2.75) is 18.9 Å². The number of aliphatic imine (C=N–C) groups is 2. The van der Waals surface area contributed by atoms with Crippen molar-refractivity contribution in [3.05, 3.63) is 70.8 Å². The van der Waals surface area contributed by atoms with Gasteiger partial charge in [-0.1, -0.05) is 17.7 Å². The minimum absolute atomic E-state index is 0.0686. The normalized spacial score (nSPS) is 19.6. The van der Waals surface area contributed by atoms with Crippen LogP contribution in [0.3, 0.4) is 0 Å². The molecule has 3 aliphatic rings. The number of hydrogen-bond donors (Lipinski definition) is 2. The second kappa shape index (κ2) is 10.3. The predicted molar refractivity (Wildman–Crippen MR) is 139 cm³/mol. The number of nitrogens with two attached hydrogens (primary N) is 1. The maximum atomic E-state index is 14.3. The van der Waals surface area contributed by atoms with Gasteiger partial charge in [-0.2, -0.15) is 0 Å². The zero-order valence-electron chi connectivity index (χ0n) is 20.0. The van der Waals surface area contributed by atoms with Crippen LogP contribution in [0.15, 0.2) is 58.8 Å². The number of hydrogen-bond acceptors (Lipinski definition) is 7. The smallest absolute Gasteiger partial charge is 0.255 e. The third-order valence-corrected chi connectivity index (χ3v) is 7.21. The number of nitrogens with zero attached hydrogens (tertiary/aromatic N) is 4. The first kappa shape index (κ1) is 24.3. The molecule has 2 aromatic carbocycles. The van der Waals surface area contributed by atoms with Crippen LogP contribution in [0.25, 0.3) is 0 Å². The van der Waals surface area contributed by atoms with Crippen molar-refractivity contribution in [2.24, 2.45) is 21.6 Å². The number of rotatable bonds is 5. The maximum Gasteiger partial charge on any atom is 0.255 e. The number of methoxy groups -OCH3 is 1. The van der Waals surface area contributed by atoms with Crippen LogP contribution in [0, 0.1) is 11.7 Å². The van der Waals surface area contributed by atoms with Crippen LogP contribution in [-0.4, -0.2) is 60.7 Å². The van der Waals surface area contributed by atoms with E-state index in [1.807, 2.05) is 28.1 Å². The molecular formula is C26H28ClFN6O2. The molecule has 1 saturated heterocycles. The topological polar surface area (TPSA) is 95.5 Å². The molecule has 2 aromatic rings. The highest BCUT2D eigenvalue weighted by Crippen LogP contribution is 2.32. The number of halogens is 2.